The maximum atomic E-state index is 12.4. The first kappa shape index (κ1) is 10.9. The van der Waals surface area contributed by atoms with Crippen molar-refractivity contribution in [3.8, 4) is 0 Å². The Morgan fingerprint density at radius 2 is 2.11 bits per heavy atom. The molecule has 0 amide bonds. The van der Waals surface area contributed by atoms with Crippen LogP contribution in [0.15, 0.2) is 45.9 Å². The van der Waals surface area contributed by atoms with E-state index in [9.17, 15) is 4.79 Å². The number of fused-ring (bicyclic) bond motifs is 3. The van der Waals surface area contributed by atoms with Gasteiger partial charge >= 0.3 is 0 Å². The third-order valence-corrected chi connectivity index (χ3v) is 4.66. The van der Waals surface area contributed by atoms with Crippen molar-refractivity contribution in [2.75, 3.05) is 0 Å². The summed E-state index contributed by atoms with van der Waals surface area (Å²) in [6.45, 7) is 0. The summed E-state index contributed by atoms with van der Waals surface area (Å²) in [4.78, 5) is 17.7. The Balaban J connectivity index is 2.11. The van der Waals surface area contributed by atoms with Crippen LogP contribution in [0.25, 0.3) is 22.1 Å². The van der Waals surface area contributed by atoms with Crippen molar-refractivity contribution in [2.24, 2.45) is 0 Å². The molecule has 0 unspecified atom stereocenters. The van der Waals surface area contributed by atoms with E-state index in [4.69, 9.17) is 0 Å². The number of thiazole rings is 1. The van der Waals surface area contributed by atoms with Gasteiger partial charge in [0.05, 0.1) is 15.6 Å². The first-order valence-corrected chi connectivity index (χ1v) is 7.53. The third kappa shape index (κ3) is 1.63. The van der Waals surface area contributed by atoms with Crippen LogP contribution in [0.3, 0.4) is 0 Å². The standard InChI is InChI=1S/C14H8N2OS2/c17-13-12(7-9-5-6-18-8-9)19-14-15-10-3-1-2-4-11(10)16(13)14/h1-8H. The highest BCUT2D eigenvalue weighted by Crippen LogP contribution is 2.15. The van der Waals surface area contributed by atoms with E-state index in [0.29, 0.717) is 0 Å². The van der Waals surface area contributed by atoms with Crippen LogP contribution in [-0.2, 0) is 0 Å². The van der Waals surface area contributed by atoms with Gasteiger partial charge in [-0.25, -0.2) is 9.38 Å². The fourth-order valence-corrected chi connectivity index (χ4v) is 3.73. The van der Waals surface area contributed by atoms with Crippen molar-refractivity contribution in [3.05, 3.63) is 61.5 Å². The van der Waals surface area contributed by atoms with E-state index in [0.717, 1.165) is 26.1 Å². The summed E-state index contributed by atoms with van der Waals surface area (Å²) in [6, 6.07) is 9.72. The molecule has 0 saturated carbocycles. The van der Waals surface area contributed by atoms with Crippen LogP contribution in [0.5, 0.6) is 0 Å². The van der Waals surface area contributed by atoms with Crippen molar-refractivity contribution in [1.82, 2.24) is 9.38 Å². The highest BCUT2D eigenvalue weighted by molar-refractivity contribution is 7.15. The van der Waals surface area contributed by atoms with Crippen LogP contribution < -0.4 is 10.1 Å². The number of rotatable bonds is 1. The molecule has 4 rings (SSSR count). The summed E-state index contributed by atoms with van der Waals surface area (Å²) < 4.78 is 2.42. The van der Waals surface area contributed by atoms with Crippen LogP contribution in [0.2, 0.25) is 0 Å². The molecule has 4 aromatic rings. The van der Waals surface area contributed by atoms with Gasteiger partial charge < -0.3 is 0 Å². The molecule has 0 saturated heterocycles. The van der Waals surface area contributed by atoms with Crippen molar-refractivity contribution >= 4 is 44.7 Å². The van der Waals surface area contributed by atoms with Gasteiger partial charge in [-0.15, -0.1) is 0 Å². The summed E-state index contributed by atoms with van der Waals surface area (Å²) in [7, 11) is 0. The zero-order valence-electron chi connectivity index (χ0n) is 9.74. The number of hydrogen-bond donors (Lipinski definition) is 0. The molecule has 0 N–H and O–H groups in total. The smallest absolute Gasteiger partial charge is 0.267 e. The Morgan fingerprint density at radius 3 is 2.95 bits per heavy atom. The lowest BCUT2D eigenvalue weighted by Crippen LogP contribution is -2.22. The molecule has 0 fully saturated rings. The zero-order chi connectivity index (χ0) is 12.8. The van der Waals surface area contributed by atoms with E-state index in [1.807, 2.05) is 47.2 Å². The van der Waals surface area contributed by atoms with Gasteiger partial charge in [0.1, 0.15) is 0 Å². The summed E-state index contributed by atoms with van der Waals surface area (Å²) in [5.41, 5.74) is 2.83. The topological polar surface area (TPSA) is 34.4 Å². The van der Waals surface area contributed by atoms with Gasteiger partial charge in [-0.3, -0.25) is 4.79 Å². The largest absolute Gasteiger partial charge is 0.274 e. The quantitative estimate of drug-likeness (QED) is 0.538. The molecule has 19 heavy (non-hydrogen) atoms. The fraction of sp³-hybridized carbons (Fsp3) is 0. The molecule has 0 bridgehead atoms. The summed E-state index contributed by atoms with van der Waals surface area (Å²) in [5, 5.41) is 4.03. The Morgan fingerprint density at radius 1 is 1.21 bits per heavy atom. The zero-order valence-corrected chi connectivity index (χ0v) is 11.4. The van der Waals surface area contributed by atoms with Crippen molar-refractivity contribution in [1.29, 1.82) is 0 Å². The van der Waals surface area contributed by atoms with Crippen LogP contribution in [0, 0.1) is 0 Å². The first-order valence-electron chi connectivity index (χ1n) is 5.77. The molecule has 92 valence electrons. The summed E-state index contributed by atoms with van der Waals surface area (Å²) >= 11 is 3.06. The van der Waals surface area contributed by atoms with Gasteiger partial charge in [0.2, 0.25) is 0 Å². The van der Waals surface area contributed by atoms with E-state index in [1.165, 1.54) is 11.3 Å². The van der Waals surface area contributed by atoms with E-state index in [2.05, 4.69) is 4.98 Å². The first-order chi connectivity index (χ1) is 9.33. The van der Waals surface area contributed by atoms with Gasteiger partial charge in [-0.2, -0.15) is 11.3 Å². The predicted octanol–water partition coefficient (Wildman–Crippen LogP) is 2.52. The SMILES string of the molecule is O=c1c(=Cc2ccsc2)sc2nc3ccccc3n12. The van der Waals surface area contributed by atoms with Crippen LogP contribution >= 0.6 is 22.7 Å². The molecule has 5 heteroatoms. The van der Waals surface area contributed by atoms with Crippen molar-refractivity contribution < 1.29 is 0 Å². The number of thiophene rings is 1. The van der Waals surface area contributed by atoms with E-state index in [-0.39, 0.29) is 5.56 Å². The van der Waals surface area contributed by atoms with Crippen LogP contribution in [-0.4, -0.2) is 9.38 Å². The average molecular weight is 284 g/mol. The Bertz CT molecular complexity index is 980. The Labute approximate surface area is 116 Å². The van der Waals surface area contributed by atoms with Gasteiger partial charge in [0.25, 0.3) is 5.56 Å². The lowest BCUT2D eigenvalue weighted by atomic mass is 10.3. The molecule has 0 aliphatic rings. The molecule has 1 aromatic carbocycles. The number of nitrogens with zero attached hydrogens (tertiary/aromatic N) is 2. The normalized spacial score (nSPS) is 12.7. The molecule has 0 radical (unpaired) electrons. The second kappa shape index (κ2) is 4.01. The molecule has 0 atom stereocenters. The Hall–Kier alpha value is -1.98. The predicted molar refractivity (Wildman–Crippen MR) is 79.9 cm³/mol. The molecular formula is C14H8N2OS2. The molecule has 0 spiro atoms. The van der Waals surface area contributed by atoms with Gasteiger partial charge in [-0.05, 0) is 40.6 Å². The molecule has 0 aliphatic heterocycles. The van der Waals surface area contributed by atoms with E-state index < -0.39 is 0 Å². The van der Waals surface area contributed by atoms with Crippen molar-refractivity contribution in [2.45, 2.75) is 0 Å². The maximum absolute atomic E-state index is 12.4. The number of benzene rings is 1. The highest BCUT2D eigenvalue weighted by Gasteiger charge is 2.10. The molecule has 3 nitrogen and oxygen atoms in total. The minimum Gasteiger partial charge on any atom is -0.267 e. The second-order valence-corrected chi connectivity index (χ2v) is 5.98. The van der Waals surface area contributed by atoms with Crippen LogP contribution in [0.1, 0.15) is 5.56 Å². The monoisotopic (exact) mass is 284 g/mol. The maximum Gasteiger partial charge on any atom is 0.274 e. The number of imidazole rings is 1. The molecule has 0 aliphatic carbocycles. The highest BCUT2D eigenvalue weighted by atomic mass is 32.1. The van der Waals surface area contributed by atoms with E-state index in [1.54, 1.807) is 15.7 Å². The van der Waals surface area contributed by atoms with Gasteiger partial charge in [-0.1, -0.05) is 23.5 Å². The lowest BCUT2D eigenvalue weighted by molar-refractivity contribution is 1.19. The van der Waals surface area contributed by atoms with Crippen LogP contribution in [0.4, 0.5) is 0 Å². The third-order valence-electron chi connectivity index (χ3n) is 2.99. The molecule has 3 aromatic heterocycles. The van der Waals surface area contributed by atoms with Gasteiger partial charge in [0.15, 0.2) is 4.96 Å². The molecular weight excluding hydrogens is 276 g/mol. The fourth-order valence-electron chi connectivity index (χ4n) is 2.12. The number of aromatic nitrogens is 2. The Kier molecular flexibility index (Phi) is 2.30. The second-order valence-electron chi connectivity index (χ2n) is 4.19. The average Bonchev–Trinajstić information content (AvgIpc) is 3.09. The molecule has 3 heterocycles. The van der Waals surface area contributed by atoms with E-state index >= 15 is 0 Å². The summed E-state index contributed by atoms with van der Waals surface area (Å²) in [5.74, 6) is 0. The van der Waals surface area contributed by atoms with Gasteiger partial charge in [0, 0.05) is 0 Å². The minimum atomic E-state index is 0.0138. The number of para-hydroxylation sites is 2. The van der Waals surface area contributed by atoms with Crippen molar-refractivity contribution in [3.63, 3.8) is 0 Å². The minimum absolute atomic E-state index is 0.0138. The lowest BCUT2D eigenvalue weighted by Gasteiger charge is -1.86. The summed E-state index contributed by atoms with van der Waals surface area (Å²) in [6.07, 6.45) is 1.92. The number of hydrogen-bond acceptors (Lipinski definition) is 4.